The number of rotatable bonds is 3. The van der Waals surface area contributed by atoms with Crippen LogP contribution in [0.3, 0.4) is 0 Å². The van der Waals surface area contributed by atoms with Gasteiger partial charge in [-0.2, -0.15) is 0 Å². The normalized spacial score (nSPS) is 10.5. The summed E-state index contributed by atoms with van der Waals surface area (Å²) in [6, 6.07) is 10.2. The van der Waals surface area contributed by atoms with Crippen LogP contribution in [0.2, 0.25) is 5.02 Å². The minimum absolute atomic E-state index is 0.206. The van der Waals surface area contributed by atoms with E-state index in [2.05, 4.69) is 10.6 Å². The Morgan fingerprint density at radius 1 is 1.27 bits per heavy atom. The second kappa shape index (κ2) is 7.32. The van der Waals surface area contributed by atoms with Gasteiger partial charge in [0.1, 0.15) is 10.7 Å². The molecule has 3 aromatic rings. The SMILES string of the molecule is O=C(NC(=S)Nc1cc([N+](=O)[O-])ccc1F)c1sc2ccccc2c1Cl. The Morgan fingerprint density at radius 3 is 2.69 bits per heavy atom. The second-order valence-electron chi connectivity index (χ2n) is 5.07. The summed E-state index contributed by atoms with van der Waals surface area (Å²) in [5.41, 5.74) is -0.525. The van der Waals surface area contributed by atoms with E-state index in [0.717, 1.165) is 28.3 Å². The van der Waals surface area contributed by atoms with E-state index in [1.807, 2.05) is 12.1 Å². The minimum atomic E-state index is -0.743. The van der Waals surface area contributed by atoms with Gasteiger partial charge in [0.25, 0.3) is 11.6 Å². The van der Waals surface area contributed by atoms with Crippen molar-refractivity contribution < 1.29 is 14.1 Å². The number of non-ortho nitro benzene ring substituents is 1. The zero-order valence-electron chi connectivity index (χ0n) is 12.8. The van der Waals surface area contributed by atoms with Crippen molar-refractivity contribution in [2.24, 2.45) is 0 Å². The fraction of sp³-hybridized carbons (Fsp3) is 0. The number of carbonyl (C=O) groups is 1. The molecule has 0 saturated heterocycles. The Balaban J connectivity index is 1.77. The lowest BCUT2D eigenvalue weighted by Gasteiger charge is -2.09. The highest BCUT2D eigenvalue weighted by Crippen LogP contribution is 2.35. The highest BCUT2D eigenvalue weighted by molar-refractivity contribution is 7.80. The van der Waals surface area contributed by atoms with E-state index in [9.17, 15) is 19.3 Å². The first-order valence-corrected chi connectivity index (χ1v) is 8.70. The lowest BCUT2D eigenvalue weighted by molar-refractivity contribution is -0.384. The van der Waals surface area contributed by atoms with Gasteiger partial charge in [-0.25, -0.2) is 4.39 Å². The highest BCUT2D eigenvalue weighted by Gasteiger charge is 2.19. The van der Waals surface area contributed by atoms with Crippen LogP contribution in [-0.4, -0.2) is 15.9 Å². The van der Waals surface area contributed by atoms with E-state index in [1.54, 1.807) is 12.1 Å². The van der Waals surface area contributed by atoms with Crippen molar-refractivity contribution >= 4 is 67.6 Å². The summed E-state index contributed by atoms with van der Waals surface area (Å²) < 4.78 is 14.6. The summed E-state index contributed by atoms with van der Waals surface area (Å²) in [5.74, 6) is -1.30. The third-order valence-electron chi connectivity index (χ3n) is 3.38. The number of nitrogens with one attached hydrogen (secondary N) is 2. The number of amides is 1. The van der Waals surface area contributed by atoms with Crippen molar-refractivity contribution in [1.29, 1.82) is 0 Å². The molecule has 0 bridgehead atoms. The number of fused-ring (bicyclic) bond motifs is 1. The Morgan fingerprint density at radius 2 is 2.00 bits per heavy atom. The topological polar surface area (TPSA) is 84.3 Å². The standard InChI is InChI=1S/C16H9ClFN3O3S2/c17-13-9-3-1-2-4-12(9)26-14(13)15(22)20-16(25)19-11-7-8(21(23)24)5-6-10(11)18/h1-7H,(H2,19,20,22,25). The summed E-state index contributed by atoms with van der Waals surface area (Å²) in [6.45, 7) is 0. The van der Waals surface area contributed by atoms with Crippen molar-refractivity contribution in [2.75, 3.05) is 5.32 Å². The van der Waals surface area contributed by atoms with Crippen LogP contribution in [0.25, 0.3) is 10.1 Å². The summed E-state index contributed by atoms with van der Waals surface area (Å²) in [5, 5.41) is 16.4. The van der Waals surface area contributed by atoms with Gasteiger partial charge >= 0.3 is 0 Å². The molecule has 0 atom stereocenters. The fourth-order valence-electron chi connectivity index (χ4n) is 2.20. The molecule has 0 saturated carbocycles. The number of nitrogens with zero attached hydrogens (tertiary/aromatic N) is 1. The number of hydrogen-bond acceptors (Lipinski definition) is 5. The monoisotopic (exact) mass is 409 g/mol. The number of thiophene rings is 1. The van der Waals surface area contributed by atoms with Crippen LogP contribution in [0.15, 0.2) is 42.5 Å². The molecule has 1 aromatic heterocycles. The molecule has 10 heteroatoms. The number of anilines is 1. The summed E-state index contributed by atoms with van der Waals surface area (Å²) in [7, 11) is 0. The third kappa shape index (κ3) is 3.64. The number of benzene rings is 2. The van der Waals surface area contributed by atoms with Gasteiger partial charge in [-0.15, -0.1) is 11.3 Å². The first-order valence-electron chi connectivity index (χ1n) is 7.10. The Labute approximate surface area is 160 Å². The van der Waals surface area contributed by atoms with Crippen LogP contribution in [0.1, 0.15) is 9.67 Å². The lowest BCUT2D eigenvalue weighted by atomic mass is 10.2. The predicted octanol–water partition coefficient (Wildman–Crippen LogP) is 4.73. The first-order chi connectivity index (χ1) is 12.4. The third-order valence-corrected chi connectivity index (χ3v) is 5.26. The van der Waals surface area contributed by atoms with Crippen molar-refractivity contribution in [3.8, 4) is 0 Å². The van der Waals surface area contributed by atoms with Crippen LogP contribution in [0.5, 0.6) is 0 Å². The molecule has 1 amide bonds. The molecule has 0 unspecified atom stereocenters. The largest absolute Gasteiger partial charge is 0.330 e. The van der Waals surface area contributed by atoms with E-state index in [4.69, 9.17) is 23.8 Å². The Kier molecular flexibility index (Phi) is 5.12. The van der Waals surface area contributed by atoms with Gasteiger partial charge < -0.3 is 5.32 Å². The van der Waals surface area contributed by atoms with Crippen LogP contribution in [0.4, 0.5) is 15.8 Å². The van der Waals surface area contributed by atoms with Gasteiger partial charge in [-0.1, -0.05) is 29.8 Å². The van der Waals surface area contributed by atoms with Crippen molar-refractivity contribution in [3.05, 3.63) is 68.3 Å². The van der Waals surface area contributed by atoms with E-state index in [-0.39, 0.29) is 21.4 Å². The van der Waals surface area contributed by atoms with Gasteiger partial charge in [0.05, 0.1) is 15.6 Å². The molecule has 6 nitrogen and oxygen atoms in total. The smallest absolute Gasteiger partial charge is 0.271 e. The molecule has 132 valence electrons. The molecule has 26 heavy (non-hydrogen) atoms. The molecule has 2 aromatic carbocycles. The zero-order chi connectivity index (χ0) is 18.8. The fourth-order valence-corrected chi connectivity index (χ4v) is 3.81. The number of nitro groups is 1. The number of halogens is 2. The maximum atomic E-state index is 13.8. The molecule has 0 spiro atoms. The number of nitro benzene ring substituents is 1. The maximum Gasteiger partial charge on any atom is 0.271 e. The molecule has 2 N–H and O–H groups in total. The van der Waals surface area contributed by atoms with Crippen molar-refractivity contribution in [2.45, 2.75) is 0 Å². The first kappa shape index (κ1) is 18.2. The van der Waals surface area contributed by atoms with E-state index in [0.29, 0.717) is 5.02 Å². The molecule has 0 aliphatic carbocycles. The number of hydrogen-bond donors (Lipinski definition) is 2. The maximum absolute atomic E-state index is 13.8. The van der Waals surface area contributed by atoms with Crippen LogP contribution in [-0.2, 0) is 0 Å². The number of carbonyl (C=O) groups excluding carboxylic acids is 1. The van der Waals surface area contributed by atoms with E-state index in [1.165, 1.54) is 11.3 Å². The predicted molar refractivity (Wildman–Crippen MR) is 104 cm³/mol. The molecular weight excluding hydrogens is 401 g/mol. The molecule has 0 aliphatic rings. The van der Waals surface area contributed by atoms with Gasteiger partial charge in [0.2, 0.25) is 0 Å². The van der Waals surface area contributed by atoms with Gasteiger partial charge in [0.15, 0.2) is 5.11 Å². The lowest BCUT2D eigenvalue weighted by Crippen LogP contribution is -2.34. The quantitative estimate of drug-likeness (QED) is 0.371. The molecule has 0 aliphatic heterocycles. The molecular formula is C16H9ClFN3O3S2. The van der Waals surface area contributed by atoms with Crippen LogP contribution < -0.4 is 10.6 Å². The number of thiocarbonyl (C=S) groups is 1. The highest BCUT2D eigenvalue weighted by atomic mass is 35.5. The minimum Gasteiger partial charge on any atom is -0.330 e. The van der Waals surface area contributed by atoms with Crippen molar-refractivity contribution in [1.82, 2.24) is 5.32 Å². The summed E-state index contributed by atoms with van der Waals surface area (Å²) >= 11 is 12.4. The average Bonchev–Trinajstić information content (AvgIpc) is 2.94. The Hall–Kier alpha value is -2.62. The Bertz CT molecular complexity index is 1050. The zero-order valence-corrected chi connectivity index (χ0v) is 15.2. The molecule has 0 radical (unpaired) electrons. The molecule has 0 fully saturated rings. The van der Waals surface area contributed by atoms with E-state index >= 15 is 0 Å². The van der Waals surface area contributed by atoms with Gasteiger partial charge in [-0.3, -0.25) is 20.2 Å². The van der Waals surface area contributed by atoms with Crippen LogP contribution >= 0.6 is 35.2 Å². The van der Waals surface area contributed by atoms with Gasteiger partial charge in [0, 0.05) is 22.2 Å². The van der Waals surface area contributed by atoms with E-state index < -0.39 is 16.6 Å². The summed E-state index contributed by atoms with van der Waals surface area (Å²) in [6.07, 6.45) is 0. The van der Waals surface area contributed by atoms with Crippen LogP contribution in [0, 0.1) is 15.9 Å². The molecule has 3 rings (SSSR count). The molecule has 1 heterocycles. The van der Waals surface area contributed by atoms with Crippen molar-refractivity contribution in [3.63, 3.8) is 0 Å². The average molecular weight is 410 g/mol. The second-order valence-corrected chi connectivity index (χ2v) is 6.91. The summed E-state index contributed by atoms with van der Waals surface area (Å²) in [4.78, 5) is 22.8. The van der Waals surface area contributed by atoms with Gasteiger partial charge in [-0.05, 0) is 24.4 Å².